The molecule has 0 aliphatic heterocycles. The standard InChI is InChI=1S/C44H30O.C2H6/c1-27-22-23-30(26-40(27)32-25-24-29-12-3-4-13-31(29)28(32)2)42-34-15-5-7-17-36(34)43(37-18-8-6-16-35(37)42)39-20-11-19-38-33-14-9-10-21-41(33)45-44(38)39;1-2/h3-26H,1-2H3;1-2H3. The van der Waals surface area contributed by atoms with E-state index < -0.39 is 0 Å². The highest BCUT2D eigenvalue weighted by Crippen LogP contribution is 2.47. The SMILES string of the molecule is CC.Cc1ccc(-c2c3ccccc3c(-c3cccc4c3oc3ccccc34)c3ccccc23)cc1-c1ccc2ccccc2c1C. The third-order valence-corrected chi connectivity index (χ3v) is 9.62. The highest BCUT2D eigenvalue weighted by atomic mass is 16.3. The molecule has 9 aromatic rings. The van der Waals surface area contributed by atoms with Gasteiger partial charge in [0.05, 0.1) is 0 Å². The van der Waals surface area contributed by atoms with Crippen molar-refractivity contribution in [2.75, 3.05) is 0 Å². The van der Waals surface area contributed by atoms with Crippen molar-refractivity contribution in [1.29, 1.82) is 0 Å². The molecule has 0 unspecified atom stereocenters. The molecule has 0 atom stereocenters. The van der Waals surface area contributed by atoms with E-state index in [1.165, 1.54) is 71.3 Å². The number of para-hydroxylation sites is 2. The maximum absolute atomic E-state index is 6.57. The molecule has 0 spiro atoms. The van der Waals surface area contributed by atoms with Crippen molar-refractivity contribution in [3.8, 4) is 33.4 Å². The molecule has 0 saturated carbocycles. The summed E-state index contributed by atoms with van der Waals surface area (Å²) in [6, 6.07) is 52.8. The van der Waals surface area contributed by atoms with Crippen molar-refractivity contribution in [3.63, 3.8) is 0 Å². The van der Waals surface area contributed by atoms with Crippen LogP contribution in [0.25, 0.3) is 87.6 Å². The Morgan fingerprint density at radius 1 is 0.404 bits per heavy atom. The van der Waals surface area contributed by atoms with Gasteiger partial charge in [-0.3, -0.25) is 0 Å². The Hall–Kier alpha value is -5.66. The number of hydrogen-bond donors (Lipinski definition) is 0. The number of aryl methyl sites for hydroxylation is 2. The van der Waals surface area contributed by atoms with Gasteiger partial charge in [-0.15, -0.1) is 0 Å². The van der Waals surface area contributed by atoms with Crippen LogP contribution in [0, 0.1) is 13.8 Å². The second kappa shape index (κ2) is 11.6. The van der Waals surface area contributed by atoms with Crippen LogP contribution in [0.4, 0.5) is 0 Å². The first-order valence-corrected chi connectivity index (χ1v) is 16.6. The predicted octanol–water partition coefficient (Wildman–Crippen LogP) is 13.7. The van der Waals surface area contributed by atoms with Crippen molar-refractivity contribution in [2.24, 2.45) is 0 Å². The molecule has 226 valence electrons. The predicted molar refractivity (Wildman–Crippen MR) is 203 cm³/mol. The fourth-order valence-corrected chi connectivity index (χ4v) is 7.46. The van der Waals surface area contributed by atoms with Gasteiger partial charge in [0.15, 0.2) is 0 Å². The summed E-state index contributed by atoms with van der Waals surface area (Å²) >= 11 is 0. The van der Waals surface area contributed by atoms with E-state index in [0.29, 0.717) is 0 Å². The van der Waals surface area contributed by atoms with Crippen molar-refractivity contribution < 1.29 is 4.42 Å². The van der Waals surface area contributed by atoms with Crippen LogP contribution in [0.1, 0.15) is 25.0 Å². The van der Waals surface area contributed by atoms with Crippen LogP contribution >= 0.6 is 0 Å². The Kier molecular flexibility index (Phi) is 7.11. The zero-order valence-electron chi connectivity index (χ0n) is 27.3. The molecule has 0 radical (unpaired) electrons. The Morgan fingerprint density at radius 3 is 1.68 bits per heavy atom. The van der Waals surface area contributed by atoms with Gasteiger partial charge >= 0.3 is 0 Å². The summed E-state index contributed by atoms with van der Waals surface area (Å²) in [7, 11) is 0. The molecule has 9 rings (SSSR count). The number of furan rings is 1. The molecule has 8 aromatic carbocycles. The highest BCUT2D eigenvalue weighted by molar-refractivity contribution is 6.24. The van der Waals surface area contributed by atoms with Crippen LogP contribution in [0.15, 0.2) is 150 Å². The minimum Gasteiger partial charge on any atom is -0.455 e. The second-order valence-corrected chi connectivity index (χ2v) is 12.1. The molecule has 0 aliphatic rings. The summed E-state index contributed by atoms with van der Waals surface area (Å²) in [6.45, 7) is 8.48. The summed E-state index contributed by atoms with van der Waals surface area (Å²) in [6.07, 6.45) is 0. The molecule has 1 heterocycles. The smallest absolute Gasteiger partial charge is 0.143 e. The van der Waals surface area contributed by atoms with E-state index in [1.54, 1.807) is 0 Å². The molecule has 1 heteroatoms. The minimum absolute atomic E-state index is 0.918. The van der Waals surface area contributed by atoms with Crippen LogP contribution in [-0.4, -0.2) is 0 Å². The zero-order valence-corrected chi connectivity index (χ0v) is 27.3. The topological polar surface area (TPSA) is 13.1 Å². The van der Waals surface area contributed by atoms with E-state index in [1.807, 2.05) is 19.9 Å². The van der Waals surface area contributed by atoms with Gasteiger partial charge in [-0.25, -0.2) is 0 Å². The van der Waals surface area contributed by atoms with Gasteiger partial charge in [0.2, 0.25) is 0 Å². The number of rotatable bonds is 3. The van der Waals surface area contributed by atoms with Crippen LogP contribution in [0.5, 0.6) is 0 Å². The molecule has 0 bridgehead atoms. The molecular formula is C46H36O. The third-order valence-electron chi connectivity index (χ3n) is 9.62. The summed E-state index contributed by atoms with van der Waals surface area (Å²) in [5.41, 5.74) is 11.8. The normalized spacial score (nSPS) is 11.4. The Labute approximate surface area is 275 Å². The highest BCUT2D eigenvalue weighted by Gasteiger charge is 2.20. The quantitative estimate of drug-likeness (QED) is 0.183. The molecule has 1 nitrogen and oxygen atoms in total. The van der Waals surface area contributed by atoms with E-state index >= 15 is 0 Å². The Balaban J connectivity index is 0.00000159. The van der Waals surface area contributed by atoms with Crippen molar-refractivity contribution in [2.45, 2.75) is 27.7 Å². The van der Waals surface area contributed by atoms with Crippen LogP contribution in [0.3, 0.4) is 0 Å². The van der Waals surface area contributed by atoms with Gasteiger partial charge in [-0.1, -0.05) is 147 Å². The molecule has 0 aliphatic carbocycles. The maximum atomic E-state index is 6.57. The molecule has 0 N–H and O–H groups in total. The first kappa shape index (κ1) is 28.8. The zero-order chi connectivity index (χ0) is 32.1. The summed E-state index contributed by atoms with van der Waals surface area (Å²) < 4.78 is 6.57. The molecule has 0 amide bonds. The number of benzene rings is 8. The maximum Gasteiger partial charge on any atom is 0.143 e. The van der Waals surface area contributed by atoms with E-state index in [9.17, 15) is 0 Å². The van der Waals surface area contributed by atoms with Crippen LogP contribution < -0.4 is 0 Å². The van der Waals surface area contributed by atoms with Crippen LogP contribution in [-0.2, 0) is 0 Å². The van der Waals surface area contributed by atoms with E-state index in [0.717, 1.165) is 27.5 Å². The van der Waals surface area contributed by atoms with Gasteiger partial charge in [0.1, 0.15) is 11.2 Å². The van der Waals surface area contributed by atoms with E-state index in [-0.39, 0.29) is 0 Å². The summed E-state index contributed by atoms with van der Waals surface area (Å²) in [5, 5.41) is 9.81. The molecule has 1 aromatic heterocycles. The van der Waals surface area contributed by atoms with Crippen molar-refractivity contribution in [3.05, 3.63) is 157 Å². The number of fused-ring (bicyclic) bond motifs is 6. The fraction of sp³-hybridized carbons (Fsp3) is 0.0870. The second-order valence-electron chi connectivity index (χ2n) is 12.1. The molecular weight excluding hydrogens is 569 g/mol. The Morgan fingerprint density at radius 2 is 0.979 bits per heavy atom. The summed E-state index contributed by atoms with van der Waals surface area (Å²) in [5.74, 6) is 0. The van der Waals surface area contributed by atoms with Gasteiger partial charge < -0.3 is 4.42 Å². The average Bonchev–Trinajstić information content (AvgIpc) is 3.52. The first-order chi connectivity index (χ1) is 23.2. The lowest BCUT2D eigenvalue weighted by Gasteiger charge is -2.19. The molecule has 0 saturated heterocycles. The largest absolute Gasteiger partial charge is 0.455 e. The van der Waals surface area contributed by atoms with Gasteiger partial charge in [0.25, 0.3) is 0 Å². The van der Waals surface area contributed by atoms with Crippen molar-refractivity contribution >= 4 is 54.3 Å². The lowest BCUT2D eigenvalue weighted by molar-refractivity contribution is 0.670. The lowest BCUT2D eigenvalue weighted by atomic mass is 9.84. The number of hydrogen-bond acceptors (Lipinski definition) is 1. The fourth-order valence-electron chi connectivity index (χ4n) is 7.46. The molecule has 47 heavy (non-hydrogen) atoms. The van der Waals surface area contributed by atoms with Gasteiger partial charge in [-0.2, -0.15) is 0 Å². The lowest BCUT2D eigenvalue weighted by Crippen LogP contribution is -1.93. The first-order valence-electron chi connectivity index (χ1n) is 16.6. The van der Waals surface area contributed by atoms with Crippen LogP contribution in [0.2, 0.25) is 0 Å². The van der Waals surface area contributed by atoms with E-state index in [2.05, 4.69) is 153 Å². The molecule has 0 fully saturated rings. The average molecular weight is 605 g/mol. The van der Waals surface area contributed by atoms with Gasteiger partial charge in [-0.05, 0) is 91.7 Å². The monoisotopic (exact) mass is 604 g/mol. The minimum atomic E-state index is 0.918. The summed E-state index contributed by atoms with van der Waals surface area (Å²) in [4.78, 5) is 0. The van der Waals surface area contributed by atoms with E-state index in [4.69, 9.17) is 4.42 Å². The van der Waals surface area contributed by atoms with Crippen molar-refractivity contribution in [1.82, 2.24) is 0 Å². The Bertz CT molecular complexity index is 2560. The van der Waals surface area contributed by atoms with Gasteiger partial charge in [0, 0.05) is 21.9 Å². The third kappa shape index (κ3) is 4.54.